The minimum absolute atomic E-state index is 0.104. The third kappa shape index (κ3) is 14.9. The number of nitrogens with zero attached hydrogens (tertiary/aromatic N) is 2. The zero-order valence-corrected chi connectivity index (χ0v) is 18.1. The molecule has 0 fully saturated rings. The van der Waals surface area contributed by atoms with E-state index in [2.05, 4.69) is 42.8 Å². The van der Waals surface area contributed by atoms with Crippen molar-refractivity contribution in [2.75, 3.05) is 40.4 Å². The van der Waals surface area contributed by atoms with Gasteiger partial charge in [-0.3, -0.25) is 4.79 Å². The number of aliphatic carboxylic acids is 1. The molecule has 0 radical (unpaired) electrons. The molecule has 0 aliphatic rings. The van der Waals surface area contributed by atoms with Crippen LogP contribution in [0.4, 0.5) is 9.59 Å². The van der Waals surface area contributed by atoms with E-state index in [0.717, 1.165) is 4.90 Å². The summed E-state index contributed by atoms with van der Waals surface area (Å²) in [6.45, 7) is 1.37. The Morgan fingerprint density at radius 1 is 0.935 bits per heavy atom. The average molecular weight is 475 g/mol. The highest BCUT2D eigenvalue weighted by molar-refractivity contribution is 7.52. The number of hydrogen-bond acceptors (Lipinski definition) is 12. The molecule has 0 atom stereocenters. The highest BCUT2D eigenvalue weighted by Gasteiger charge is 2.30. The lowest BCUT2D eigenvalue weighted by atomic mass is 10.5. The van der Waals surface area contributed by atoms with E-state index < -0.39 is 52.1 Å². The lowest BCUT2D eigenvalue weighted by Gasteiger charge is -2.17. The van der Waals surface area contributed by atoms with Crippen LogP contribution in [0.2, 0.25) is 0 Å². The lowest BCUT2D eigenvalue weighted by molar-refractivity contribution is -0.306. The van der Waals surface area contributed by atoms with E-state index in [1.807, 2.05) is 0 Å². The fourth-order valence-electron chi connectivity index (χ4n) is 1.31. The number of carboxylic acid groups (broad SMARTS) is 1. The summed E-state index contributed by atoms with van der Waals surface area (Å²) < 4.78 is 42.9. The Morgan fingerprint density at radius 2 is 1.39 bits per heavy atom. The van der Waals surface area contributed by atoms with Crippen LogP contribution in [0, 0.1) is 0 Å². The maximum absolute atomic E-state index is 12.6. The van der Waals surface area contributed by atoms with Crippen LogP contribution >= 0.6 is 7.75 Å². The molecule has 0 saturated heterocycles. The Hall–Kier alpha value is -2.65. The third-order valence-electron chi connectivity index (χ3n) is 2.58. The molecular formula is C14H26N3O13P. The van der Waals surface area contributed by atoms with Crippen molar-refractivity contribution in [3.05, 3.63) is 0 Å². The van der Waals surface area contributed by atoms with E-state index in [4.69, 9.17) is 10.8 Å². The number of nitrogens with two attached hydrogens (primary N) is 1. The first-order chi connectivity index (χ1) is 14.6. The van der Waals surface area contributed by atoms with Crippen molar-refractivity contribution in [1.29, 1.82) is 0 Å². The maximum atomic E-state index is 12.6. The number of carbonyl (C=O) groups excluding carboxylic acids is 2. The number of guanidine groups is 1. The molecule has 0 unspecified atom stereocenters. The molecule has 3 N–H and O–H groups in total. The van der Waals surface area contributed by atoms with Gasteiger partial charge in [-0.25, -0.2) is 14.2 Å². The van der Waals surface area contributed by atoms with Gasteiger partial charge in [-0.05, 0) is 12.8 Å². The SMILES string of the molecule is CCCOC(=O)OCOOP(=O)(/N=C(/N)N(C)CC(=O)O)OOCOC(=O)OCCC. The Labute approximate surface area is 177 Å². The summed E-state index contributed by atoms with van der Waals surface area (Å²) >= 11 is 0. The van der Waals surface area contributed by atoms with E-state index in [-0.39, 0.29) is 13.2 Å². The summed E-state index contributed by atoms with van der Waals surface area (Å²) in [5, 5.41) is 8.75. The fraction of sp³-hybridized carbons (Fsp3) is 0.714. The molecule has 0 heterocycles. The Kier molecular flexibility index (Phi) is 14.7. The van der Waals surface area contributed by atoms with Crippen molar-refractivity contribution < 1.29 is 62.1 Å². The van der Waals surface area contributed by atoms with Gasteiger partial charge in [0.15, 0.2) is 0 Å². The standard InChI is InChI=1S/C14H26N3O13P/c1-4-6-23-13(20)25-9-27-29-31(22,16-12(15)17(3)8-11(18)19)30-28-10-26-14(21)24-7-5-2/h4-10H2,1-3H3,(H,18,19)(H2,15,16,22). The Morgan fingerprint density at radius 3 is 1.77 bits per heavy atom. The molecule has 0 rings (SSSR count). The second-order valence-electron chi connectivity index (χ2n) is 5.28. The van der Waals surface area contributed by atoms with E-state index in [0.29, 0.717) is 12.8 Å². The Balaban J connectivity index is 4.83. The molecule has 0 bridgehead atoms. The third-order valence-corrected chi connectivity index (χ3v) is 3.62. The van der Waals surface area contributed by atoms with Gasteiger partial charge in [0, 0.05) is 7.05 Å². The second-order valence-corrected chi connectivity index (χ2v) is 6.72. The summed E-state index contributed by atoms with van der Waals surface area (Å²) in [6.07, 6.45) is -1.06. The van der Waals surface area contributed by atoms with E-state index in [1.165, 1.54) is 7.05 Å². The predicted molar refractivity (Wildman–Crippen MR) is 99.0 cm³/mol. The molecule has 0 amide bonds. The Bertz CT molecular complexity index is 613. The number of rotatable bonds is 15. The van der Waals surface area contributed by atoms with Crippen LogP contribution < -0.4 is 5.73 Å². The van der Waals surface area contributed by atoms with Crippen LogP contribution in [0.5, 0.6) is 0 Å². The normalized spacial score (nSPS) is 11.5. The lowest BCUT2D eigenvalue weighted by Crippen LogP contribution is -2.37. The summed E-state index contributed by atoms with van der Waals surface area (Å²) in [5.41, 5.74) is 5.52. The van der Waals surface area contributed by atoms with Crippen LogP contribution in [0.3, 0.4) is 0 Å². The molecule has 17 heteroatoms. The highest BCUT2D eigenvalue weighted by atomic mass is 31.2. The van der Waals surface area contributed by atoms with Gasteiger partial charge >= 0.3 is 26.0 Å². The van der Waals surface area contributed by atoms with Crippen molar-refractivity contribution in [3.63, 3.8) is 0 Å². The summed E-state index contributed by atoms with van der Waals surface area (Å²) in [5.74, 6) is -1.85. The van der Waals surface area contributed by atoms with Crippen LogP contribution in [0.1, 0.15) is 26.7 Å². The average Bonchev–Trinajstić information content (AvgIpc) is 2.70. The van der Waals surface area contributed by atoms with Crippen molar-refractivity contribution in [2.45, 2.75) is 26.7 Å². The first-order valence-corrected chi connectivity index (χ1v) is 10.2. The van der Waals surface area contributed by atoms with Crippen LogP contribution in [-0.2, 0) is 47.4 Å². The van der Waals surface area contributed by atoms with Crippen LogP contribution in [-0.4, -0.2) is 74.6 Å². The van der Waals surface area contributed by atoms with Gasteiger partial charge in [-0.15, -0.1) is 14.1 Å². The summed E-state index contributed by atoms with van der Waals surface area (Å²) in [6, 6.07) is 0. The van der Waals surface area contributed by atoms with Crippen molar-refractivity contribution in [1.82, 2.24) is 4.90 Å². The fourth-order valence-corrected chi connectivity index (χ4v) is 2.15. The molecule has 0 aromatic rings. The largest absolute Gasteiger partial charge is 0.511 e. The molecule has 0 saturated carbocycles. The molecule has 0 aromatic heterocycles. The van der Waals surface area contributed by atoms with Gasteiger partial charge in [0.05, 0.1) is 13.2 Å². The zero-order chi connectivity index (χ0) is 23.7. The molecule has 0 aromatic carbocycles. The second kappa shape index (κ2) is 16.1. The first kappa shape index (κ1) is 28.4. The number of ether oxygens (including phenoxy) is 4. The van der Waals surface area contributed by atoms with E-state index in [9.17, 15) is 18.9 Å². The molecule has 180 valence electrons. The molecule has 0 aliphatic carbocycles. The van der Waals surface area contributed by atoms with Crippen molar-refractivity contribution in [3.8, 4) is 0 Å². The number of carbonyl (C=O) groups is 3. The molecule has 0 spiro atoms. The summed E-state index contributed by atoms with van der Waals surface area (Å²) in [7, 11) is -3.49. The smallest absolute Gasteiger partial charge is 0.480 e. The number of carboxylic acids is 1. The van der Waals surface area contributed by atoms with Crippen LogP contribution in [0.15, 0.2) is 4.76 Å². The van der Waals surface area contributed by atoms with Gasteiger partial charge in [-0.2, -0.15) is 9.78 Å². The van der Waals surface area contributed by atoms with Gasteiger partial charge < -0.3 is 34.7 Å². The maximum Gasteiger partial charge on any atom is 0.511 e. The molecular weight excluding hydrogens is 449 g/mol. The van der Waals surface area contributed by atoms with E-state index >= 15 is 0 Å². The number of likely N-dealkylation sites (N-methyl/N-ethyl adjacent to an activating group) is 1. The summed E-state index contributed by atoms with van der Waals surface area (Å²) in [4.78, 5) is 42.8. The van der Waals surface area contributed by atoms with E-state index in [1.54, 1.807) is 13.8 Å². The van der Waals surface area contributed by atoms with Crippen molar-refractivity contribution >= 4 is 32.0 Å². The van der Waals surface area contributed by atoms with Gasteiger partial charge in [0.2, 0.25) is 19.5 Å². The molecule has 31 heavy (non-hydrogen) atoms. The van der Waals surface area contributed by atoms with Crippen molar-refractivity contribution in [2.24, 2.45) is 10.5 Å². The molecule has 16 nitrogen and oxygen atoms in total. The monoisotopic (exact) mass is 475 g/mol. The first-order valence-electron chi connectivity index (χ1n) is 8.73. The quantitative estimate of drug-likeness (QED) is 0.0501. The molecule has 0 aliphatic heterocycles. The topological polar surface area (TPSA) is 204 Å². The highest BCUT2D eigenvalue weighted by Crippen LogP contribution is 2.50. The van der Waals surface area contributed by atoms with Gasteiger partial charge in [0.1, 0.15) is 6.54 Å². The van der Waals surface area contributed by atoms with Gasteiger partial charge in [0.25, 0.3) is 0 Å². The number of hydrogen-bond donors (Lipinski definition) is 2. The minimum atomic E-state index is -4.72. The predicted octanol–water partition coefficient (Wildman–Crippen LogP) is 1.36. The zero-order valence-electron chi connectivity index (χ0n) is 17.2. The van der Waals surface area contributed by atoms with Crippen LogP contribution in [0.25, 0.3) is 0 Å². The minimum Gasteiger partial charge on any atom is -0.480 e. The van der Waals surface area contributed by atoms with Gasteiger partial charge in [-0.1, -0.05) is 13.8 Å².